The third kappa shape index (κ3) is 4.77. The first kappa shape index (κ1) is 21.1. The molecule has 0 N–H and O–H groups in total. The van der Waals surface area contributed by atoms with Crippen LogP contribution in [-0.4, -0.2) is 46.5 Å². The van der Waals surface area contributed by atoms with Crippen LogP contribution >= 0.6 is 23.8 Å². The summed E-state index contributed by atoms with van der Waals surface area (Å²) in [5, 5.41) is 5.59. The predicted octanol–water partition coefficient (Wildman–Crippen LogP) is 5.46. The second kappa shape index (κ2) is 9.33. The van der Waals surface area contributed by atoms with E-state index < -0.39 is 0 Å². The van der Waals surface area contributed by atoms with Crippen molar-refractivity contribution < 1.29 is 4.74 Å². The molecule has 158 valence electrons. The molecule has 0 spiro atoms. The molecule has 0 amide bonds. The number of nitrogens with zero attached hydrogens (tertiary/aromatic N) is 4. The Morgan fingerprint density at radius 2 is 1.90 bits per heavy atom. The van der Waals surface area contributed by atoms with E-state index in [4.69, 9.17) is 33.7 Å². The van der Waals surface area contributed by atoms with Crippen LogP contribution < -0.4 is 4.74 Å². The lowest BCUT2D eigenvalue weighted by Crippen LogP contribution is -2.23. The topological polar surface area (TPSA) is 35.2 Å². The van der Waals surface area contributed by atoms with E-state index in [2.05, 4.69) is 11.9 Å². The van der Waals surface area contributed by atoms with Crippen molar-refractivity contribution in [3.8, 4) is 22.8 Å². The number of para-hydroxylation sites is 1. The Balaban J connectivity index is 1.66. The standard InChI is InChI=1S/C23H27ClN4OS/c1-26(16-17-8-9-17)14-5-15-27-23(30)28(19-12-10-18(24)11-13-19)22(25-27)20-6-3-4-7-21(20)29-2/h3-4,6-7,10-13,17H,5,8-9,14-16H2,1-2H3. The van der Waals surface area contributed by atoms with Gasteiger partial charge in [0.15, 0.2) is 5.82 Å². The first-order valence-electron chi connectivity index (χ1n) is 10.3. The summed E-state index contributed by atoms with van der Waals surface area (Å²) in [6.45, 7) is 3.00. The van der Waals surface area contributed by atoms with Crippen molar-refractivity contribution in [3.63, 3.8) is 0 Å². The van der Waals surface area contributed by atoms with Crippen LogP contribution in [-0.2, 0) is 6.54 Å². The number of aryl methyl sites for hydroxylation is 1. The molecule has 1 aliphatic carbocycles. The largest absolute Gasteiger partial charge is 0.496 e. The number of rotatable bonds is 9. The number of hydrogen-bond donors (Lipinski definition) is 0. The number of ether oxygens (including phenoxy) is 1. The highest BCUT2D eigenvalue weighted by atomic mass is 35.5. The van der Waals surface area contributed by atoms with Crippen molar-refractivity contribution in [1.29, 1.82) is 0 Å². The van der Waals surface area contributed by atoms with Crippen LogP contribution in [0.25, 0.3) is 17.1 Å². The second-order valence-electron chi connectivity index (χ2n) is 7.90. The fourth-order valence-electron chi connectivity index (χ4n) is 3.70. The van der Waals surface area contributed by atoms with Crippen LogP contribution in [0.1, 0.15) is 19.3 Å². The maximum absolute atomic E-state index is 6.11. The van der Waals surface area contributed by atoms with E-state index in [-0.39, 0.29) is 0 Å². The van der Waals surface area contributed by atoms with Crippen LogP contribution in [0.2, 0.25) is 5.02 Å². The van der Waals surface area contributed by atoms with Gasteiger partial charge in [-0.15, -0.1) is 0 Å². The van der Waals surface area contributed by atoms with E-state index >= 15 is 0 Å². The number of aromatic nitrogens is 3. The lowest BCUT2D eigenvalue weighted by molar-refractivity contribution is 0.306. The zero-order valence-corrected chi connectivity index (χ0v) is 19.0. The summed E-state index contributed by atoms with van der Waals surface area (Å²) in [4.78, 5) is 2.42. The number of methoxy groups -OCH3 is 1. The van der Waals surface area contributed by atoms with Gasteiger partial charge < -0.3 is 9.64 Å². The highest BCUT2D eigenvalue weighted by molar-refractivity contribution is 7.71. The van der Waals surface area contributed by atoms with E-state index in [1.54, 1.807) is 7.11 Å². The van der Waals surface area contributed by atoms with Gasteiger partial charge in [0.05, 0.1) is 18.4 Å². The minimum Gasteiger partial charge on any atom is -0.496 e. The molecule has 0 unspecified atom stereocenters. The quantitative estimate of drug-likeness (QED) is 0.412. The van der Waals surface area contributed by atoms with Crippen molar-refractivity contribution in [3.05, 3.63) is 58.3 Å². The van der Waals surface area contributed by atoms with Gasteiger partial charge in [-0.1, -0.05) is 23.7 Å². The molecule has 0 saturated heterocycles. The minimum absolute atomic E-state index is 0.670. The van der Waals surface area contributed by atoms with Crippen molar-refractivity contribution >= 4 is 23.8 Å². The van der Waals surface area contributed by atoms with Crippen LogP contribution in [0.3, 0.4) is 0 Å². The third-order valence-electron chi connectivity index (χ3n) is 5.45. The molecule has 2 aromatic carbocycles. The van der Waals surface area contributed by atoms with Gasteiger partial charge in [-0.2, -0.15) is 5.10 Å². The first-order chi connectivity index (χ1) is 14.6. The maximum atomic E-state index is 6.11. The van der Waals surface area contributed by atoms with E-state index in [0.717, 1.165) is 48.3 Å². The Hall–Kier alpha value is -2.15. The summed E-state index contributed by atoms with van der Waals surface area (Å²) >= 11 is 11.9. The number of benzene rings is 2. The fourth-order valence-corrected chi connectivity index (χ4v) is 4.15. The van der Waals surface area contributed by atoms with Crippen molar-refractivity contribution in [1.82, 2.24) is 19.2 Å². The second-order valence-corrected chi connectivity index (χ2v) is 8.70. The molecular formula is C23H27ClN4OS. The molecule has 1 saturated carbocycles. The average molecular weight is 443 g/mol. The van der Waals surface area contributed by atoms with Gasteiger partial charge in [-0.05, 0) is 87.4 Å². The predicted molar refractivity (Wildman–Crippen MR) is 124 cm³/mol. The summed E-state index contributed by atoms with van der Waals surface area (Å²) in [7, 11) is 3.87. The average Bonchev–Trinajstić information content (AvgIpc) is 3.51. The number of hydrogen-bond acceptors (Lipinski definition) is 4. The summed E-state index contributed by atoms with van der Waals surface area (Å²) in [6, 6.07) is 15.6. The van der Waals surface area contributed by atoms with Crippen molar-refractivity contribution in [2.45, 2.75) is 25.8 Å². The SMILES string of the molecule is COc1ccccc1-c1nn(CCCN(C)CC2CC2)c(=S)n1-c1ccc(Cl)cc1. The summed E-state index contributed by atoms with van der Waals surface area (Å²) < 4.78 is 10.2. The minimum atomic E-state index is 0.670. The van der Waals surface area contributed by atoms with Gasteiger partial charge in [0.1, 0.15) is 5.75 Å². The molecular weight excluding hydrogens is 416 g/mol. The normalized spacial score (nSPS) is 13.7. The highest BCUT2D eigenvalue weighted by Crippen LogP contribution is 2.31. The lowest BCUT2D eigenvalue weighted by atomic mass is 10.2. The van der Waals surface area contributed by atoms with Gasteiger partial charge in [-0.25, -0.2) is 4.68 Å². The molecule has 3 aromatic rings. The number of halogens is 1. The molecule has 1 fully saturated rings. The van der Waals surface area contributed by atoms with Gasteiger partial charge >= 0.3 is 0 Å². The fraction of sp³-hybridized carbons (Fsp3) is 0.391. The van der Waals surface area contributed by atoms with E-state index in [0.29, 0.717) is 9.79 Å². The monoisotopic (exact) mass is 442 g/mol. The molecule has 30 heavy (non-hydrogen) atoms. The molecule has 1 heterocycles. The zero-order chi connectivity index (χ0) is 21.1. The van der Waals surface area contributed by atoms with Gasteiger partial charge in [0, 0.05) is 18.1 Å². The summed E-state index contributed by atoms with van der Waals surface area (Å²) in [5.41, 5.74) is 1.84. The molecule has 5 nitrogen and oxygen atoms in total. The van der Waals surface area contributed by atoms with E-state index in [9.17, 15) is 0 Å². The Morgan fingerprint density at radius 1 is 1.17 bits per heavy atom. The molecule has 0 bridgehead atoms. The van der Waals surface area contributed by atoms with Crippen LogP contribution in [0.15, 0.2) is 48.5 Å². The molecule has 0 atom stereocenters. The van der Waals surface area contributed by atoms with Crippen LogP contribution in [0.5, 0.6) is 5.75 Å². The van der Waals surface area contributed by atoms with E-state index in [1.165, 1.54) is 19.4 Å². The van der Waals surface area contributed by atoms with Crippen LogP contribution in [0, 0.1) is 10.7 Å². The van der Waals surface area contributed by atoms with Crippen LogP contribution in [0.4, 0.5) is 0 Å². The van der Waals surface area contributed by atoms with E-state index in [1.807, 2.05) is 57.8 Å². The smallest absolute Gasteiger partial charge is 0.202 e. The molecule has 4 rings (SSSR count). The molecule has 1 aromatic heterocycles. The van der Waals surface area contributed by atoms with Crippen molar-refractivity contribution in [2.24, 2.45) is 5.92 Å². The third-order valence-corrected chi connectivity index (χ3v) is 6.09. The maximum Gasteiger partial charge on any atom is 0.202 e. The van der Waals surface area contributed by atoms with Gasteiger partial charge in [-0.3, -0.25) is 4.57 Å². The Labute approximate surface area is 187 Å². The molecule has 7 heteroatoms. The molecule has 0 aliphatic heterocycles. The van der Waals surface area contributed by atoms with Crippen molar-refractivity contribution in [2.75, 3.05) is 27.2 Å². The molecule has 0 radical (unpaired) electrons. The Kier molecular flexibility index (Phi) is 6.56. The summed E-state index contributed by atoms with van der Waals surface area (Å²) in [5.74, 6) is 2.44. The first-order valence-corrected chi connectivity index (χ1v) is 11.1. The Bertz CT molecular complexity index is 1060. The zero-order valence-electron chi connectivity index (χ0n) is 17.4. The van der Waals surface area contributed by atoms with Gasteiger partial charge in [0.2, 0.25) is 4.77 Å². The highest BCUT2D eigenvalue weighted by Gasteiger charge is 2.22. The lowest BCUT2D eigenvalue weighted by Gasteiger charge is -2.15. The van der Waals surface area contributed by atoms with Gasteiger partial charge in [0.25, 0.3) is 0 Å². The molecule has 1 aliphatic rings. The summed E-state index contributed by atoms with van der Waals surface area (Å²) in [6.07, 6.45) is 3.76. The Morgan fingerprint density at radius 3 is 2.60 bits per heavy atom.